The van der Waals surface area contributed by atoms with E-state index < -0.39 is 69.5 Å². The van der Waals surface area contributed by atoms with Crippen molar-refractivity contribution in [2.24, 2.45) is 10.8 Å². The Morgan fingerprint density at radius 2 is 1.31 bits per heavy atom. The lowest BCUT2D eigenvalue weighted by Crippen LogP contribution is -2.68. The van der Waals surface area contributed by atoms with E-state index in [2.05, 4.69) is 12.6 Å². The second kappa shape index (κ2) is 28.2. The van der Waals surface area contributed by atoms with Crippen molar-refractivity contribution in [3.8, 4) is 0 Å². The first-order valence-corrected chi connectivity index (χ1v) is 26.7. The monoisotopic (exact) mass is 876 g/mol. The molecule has 0 aromatic rings. The lowest BCUT2D eigenvalue weighted by atomic mass is 9.67. The van der Waals surface area contributed by atoms with Gasteiger partial charge < -0.3 is 36.7 Å². The van der Waals surface area contributed by atoms with E-state index in [9.17, 15) is 19.2 Å². The third kappa shape index (κ3) is 16.9. The van der Waals surface area contributed by atoms with Crippen LogP contribution >= 0.6 is 36.2 Å². The van der Waals surface area contributed by atoms with E-state index in [1.807, 2.05) is 48.1 Å². The predicted molar refractivity (Wildman–Crippen MR) is 230 cm³/mol. The fourth-order valence-corrected chi connectivity index (χ4v) is 11.8. The molecule has 0 radical (unpaired) electrons. The highest BCUT2D eigenvalue weighted by Crippen LogP contribution is 2.54. The van der Waals surface area contributed by atoms with Crippen molar-refractivity contribution in [2.45, 2.75) is 144 Å². The molecule has 12 nitrogen and oxygen atoms in total. The molecule has 0 fully saturated rings. The van der Waals surface area contributed by atoms with E-state index in [0.29, 0.717) is 62.6 Å². The number of carbonyl (C=O) groups excluding carboxylic acids is 4. The maximum atomic E-state index is 12.7. The van der Waals surface area contributed by atoms with Crippen LogP contribution in [0.1, 0.15) is 114 Å². The maximum Gasteiger partial charge on any atom is 0.304 e. The summed E-state index contributed by atoms with van der Waals surface area (Å²) in [5, 5.41) is 0.0884. The molecule has 0 bridgehead atoms. The molecule has 0 saturated carbocycles. The minimum atomic E-state index is -1.43. The van der Waals surface area contributed by atoms with Gasteiger partial charge >= 0.3 is 21.9 Å². The summed E-state index contributed by atoms with van der Waals surface area (Å²) < 4.78 is 52.2. The SMILES string of the molecule is CCO[SiH2]OC(C)(CCCS)C(CC)(COC(C)=O)COC(CCCSC(C)=O)(O[SiH2]C)C(CC)(COC(C)=O)C(C)(OCC)O[SiH2]CCCSC(C)=O. The third-order valence-corrected chi connectivity index (χ3v) is 15.9. The maximum absolute atomic E-state index is 12.7. The molecule has 0 saturated heterocycles. The Kier molecular flexibility index (Phi) is 28.1. The molecule has 0 aliphatic heterocycles. The molecule has 0 aromatic carbocycles. The van der Waals surface area contributed by atoms with Crippen LogP contribution in [0.3, 0.4) is 0 Å². The van der Waals surface area contributed by atoms with E-state index in [0.717, 1.165) is 18.9 Å². The molecule has 318 valence electrons. The van der Waals surface area contributed by atoms with Gasteiger partial charge in [-0.15, -0.1) is 0 Å². The Bertz CT molecular complexity index is 1110. The fraction of sp³-hybridized carbons (Fsp3) is 0.889. The molecule has 0 heterocycles. The Labute approximate surface area is 347 Å². The van der Waals surface area contributed by atoms with Crippen LogP contribution in [-0.2, 0) is 55.8 Å². The van der Waals surface area contributed by atoms with Gasteiger partial charge in [0.2, 0.25) is 0 Å². The molecule has 0 amide bonds. The van der Waals surface area contributed by atoms with Crippen LogP contribution in [0.4, 0.5) is 0 Å². The Balaban J connectivity index is 7.75. The summed E-state index contributed by atoms with van der Waals surface area (Å²) in [5.74, 6) is -1.79. The lowest BCUT2D eigenvalue weighted by molar-refractivity contribution is -0.372. The summed E-state index contributed by atoms with van der Waals surface area (Å²) in [6.07, 6.45) is 3.95. The summed E-state index contributed by atoms with van der Waals surface area (Å²) in [7, 11) is -3.90. The number of hydrogen-bond donors (Lipinski definition) is 1. The number of rotatable bonds is 33. The molecular weight excluding hydrogens is 805 g/mol. The highest BCUT2D eigenvalue weighted by molar-refractivity contribution is 8.13. The zero-order valence-corrected chi connectivity index (χ0v) is 41.9. The standard InChI is InChI=1S/C36H72O12S3Si3/c1-12-34(25-41-28(5)37,32(9,19-16-21-49)46-54-45-15-4)26-44-36(48-52-11,20-17-22-50-30(7)39)35(13-2,27-42-29(6)38)33(10,43-14-3)47-53-24-18-23-51-31(8)40/h49H,12-27,52-54H2,1-11H3. The topological polar surface area (TPSA) is 142 Å². The van der Waals surface area contributed by atoms with Gasteiger partial charge in [0.25, 0.3) is 0 Å². The molecule has 0 spiro atoms. The van der Waals surface area contributed by atoms with E-state index >= 15 is 0 Å². The number of carbonyl (C=O) groups is 4. The van der Waals surface area contributed by atoms with Gasteiger partial charge in [-0.25, -0.2) is 0 Å². The average Bonchev–Trinajstić information content (AvgIpc) is 3.11. The van der Waals surface area contributed by atoms with Gasteiger partial charge in [0.15, 0.2) is 41.3 Å². The van der Waals surface area contributed by atoms with E-state index in [1.165, 1.54) is 37.4 Å². The van der Waals surface area contributed by atoms with Crippen molar-refractivity contribution in [3.63, 3.8) is 0 Å². The third-order valence-electron chi connectivity index (χ3n) is 10.1. The van der Waals surface area contributed by atoms with Crippen LogP contribution in [0.5, 0.6) is 0 Å². The van der Waals surface area contributed by atoms with E-state index in [-0.39, 0.29) is 30.1 Å². The van der Waals surface area contributed by atoms with Gasteiger partial charge in [-0.1, -0.05) is 43.9 Å². The highest BCUT2D eigenvalue weighted by Gasteiger charge is 2.65. The van der Waals surface area contributed by atoms with Crippen molar-refractivity contribution in [1.29, 1.82) is 0 Å². The summed E-state index contributed by atoms with van der Waals surface area (Å²) in [6.45, 7) is 20.5. The molecule has 0 aliphatic carbocycles. The molecular formula is C36H72O12S3Si3. The molecule has 54 heavy (non-hydrogen) atoms. The van der Waals surface area contributed by atoms with Crippen molar-refractivity contribution < 1.29 is 55.8 Å². The van der Waals surface area contributed by atoms with Crippen LogP contribution in [0, 0.1) is 10.8 Å². The predicted octanol–water partition coefficient (Wildman–Crippen LogP) is 5.29. The zero-order valence-electron chi connectivity index (χ0n) is 35.1. The van der Waals surface area contributed by atoms with Crippen LogP contribution in [0.2, 0.25) is 12.6 Å². The normalized spacial score (nSPS) is 18.0. The van der Waals surface area contributed by atoms with E-state index in [4.69, 9.17) is 36.7 Å². The van der Waals surface area contributed by atoms with E-state index in [1.54, 1.807) is 13.8 Å². The largest absolute Gasteiger partial charge is 0.465 e. The van der Waals surface area contributed by atoms with Gasteiger partial charge in [-0.3, -0.25) is 19.2 Å². The van der Waals surface area contributed by atoms with Crippen LogP contribution in [0.25, 0.3) is 0 Å². The molecule has 5 atom stereocenters. The van der Waals surface area contributed by atoms with Gasteiger partial charge in [0, 0.05) is 58.8 Å². The first-order valence-electron chi connectivity index (χ1n) is 19.4. The summed E-state index contributed by atoms with van der Waals surface area (Å²) in [6, 6.07) is 0.800. The second-order valence-corrected chi connectivity index (χ2v) is 19.8. The van der Waals surface area contributed by atoms with Gasteiger partial charge in [0.05, 0.1) is 17.6 Å². The van der Waals surface area contributed by atoms with Crippen LogP contribution in [-0.4, -0.2) is 119 Å². The second-order valence-electron chi connectivity index (χ2n) is 13.6. The summed E-state index contributed by atoms with van der Waals surface area (Å²) >= 11 is 7.05. The fourth-order valence-electron chi connectivity index (χ4n) is 6.82. The van der Waals surface area contributed by atoms with Crippen molar-refractivity contribution in [1.82, 2.24) is 0 Å². The highest BCUT2D eigenvalue weighted by atomic mass is 32.2. The molecule has 5 unspecified atom stereocenters. The van der Waals surface area contributed by atoms with Crippen molar-refractivity contribution in [2.75, 3.05) is 50.3 Å². The molecule has 0 aromatic heterocycles. The minimum absolute atomic E-state index is 0.00680. The average molecular weight is 877 g/mol. The molecule has 0 N–H and O–H groups in total. The lowest BCUT2D eigenvalue weighted by Gasteiger charge is -2.58. The van der Waals surface area contributed by atoms with Crippen molar-refractivity contribution >= 4 is 87.9 Å². The van der Waals surface area contributed by atoms with Gasteiger partial charge in [-0.2, -0.15) is 12.6 Å². The zero-order chi connectivity index (χ0) is 41.3. The van der Waals surface area contributed by atoms with Crippen molar-refractivity contribution in [3.05, 3.63) is 0 Å². The summed E-state index contributed by atoms with van der Waals surface area (Å²) in [4.78, 5) is 48.7. The molecule has 0 rings (SSSR count). The Hall–Kier alpha value is -0.259. The van der Waals surface area contributed by atoms with Gasteiger partial charge in [0.1, 0.15) is 18.6 Å². The van der Waals surface area contributed by atoms with Gasteiger partial charge in [-0.05, 0) is 78.0 Å². The van der Waals surface area contributed by atoms with Crippen LogP contribution < -0.4 is 0 Å². The number of thiol groups is 1. The molecule has 0 aliphatic rings. The Morgan fingerprint density at radius 1 is 0.704 bits per heavy atom. The first kappa shape index (κ1) is 53.7. The summed E-state index contributed by atoms with van der Waals surface area (Å²) in [5.41, 5.74) is -2.90. The quantitative estimate of drug-likeness (QED) is 0.0300. The van der Waals surface area contributed by atoms with Crippen LogP contribution in [0.15, 0.2) is 0 Å². The number of hydrogen-bond acceptors (Lipinski definition) is 15. The number of ether oxygens (including phenoxy) is 4. The first-order chi connectivity index (χ1) is 25.5. The Morgan fingerprint density at radius 3 is 1.81 bits per heavy atom. The number of esters is 2. The minimum Gasteiger partial charge on any atom is -0.465 e. The number of thioether (sulfide) groups is 2. The smallest absolute Gasteiger partial charge is 0.304 e. The molecule has 18 heteroatoms.